The highest BCUT2D eigenvalue weighted by molar-refractivity contribution is 9.10. The maximum atomic E-state index is 13.8. The number of halogens is 3. The highest BCUT2D eigenvalue weighted by Crippen LogP contribution is 2.30. The Morgan fingerprint density at radius 1 is 1.25 bits per heavy atom. The molecule has 0 fully saturated rings. The van der Waals surface area contributed by atoms with Gasteiger partial charge in [-0.2, -0.15) is 8.75 Å². The predicted molar refractivity (Wildman–Crippen MR) is 83.9 cm³/mol. The summed E-state index contributed by atoms with van der Waals surface area (Å²) in [4.78, 5) is 0. The number of benzene rings is 2. The second-order valence-electron chi connectivity index (χ2n) is 4.14. The standard InChI is InChI=1S/C13H8BrClFN3S/c14-8-2-1-7(10(16)5-8)6-17-12-9(15)3-4-11-13(12)19-20-18-11/h1-5,17H,6H2. The van der Waals surface area contributed by atoms with Gasteiger partial charge in [0.1, 0.15) is 16.9 Å². The van der Waals surface area contributed by atoms with Crippen LogP contribution in [0.3, 0.4) is 0 Å². The number of rotatable bonds is 3. The highest BCUT2D eigenvalue weighted by Gasteiger charge is 2.10. The lowest BCUT2D eigenvalue weighted by Gasteiger charge is -2.09. The number of fused-ring (bicyclic) bond motifs is 1. The van der Waals surface area contributed by atoms with Crippen LogP contribution < -0.4 is 5.32 Å². The van der Waals surface area contributed by atoms with Crippen molar-refractivity contribution in [2.45, 2.75) is 6.54 Å². The van der Waals surface area contributed by atoms with E-state index >= 15 is 0 Å². The Morgan fingerprint density at radius 3 is 2.90 bits per heavy atom. The van der Waals surface area contributed by atoms with Crippen LogP contribution in [0.5, 0.6) is 0 Å². The SMILES string of the molecule is Fc1cc(Br)ccc1CNc1c(Cl)ccc2nsnc12. The van der Waals surface area contributed by atoms with Crippen molar-refractivity contribution in [2.75, 3.05) is 5.32 Å². The van der Waals surface area contributed by atoms with Gasteiger partial charge in [0.05, 0.1) is 22.4 Å². The van der Waals surface area contributed by atoms with Crippen molar-refractivity contribution in [1.82, 2.24) is 8.75 Å². The molecule has 0 aliphatic rings. The Hall–Kier alpha value is -1.24. The molecule has 0 aliphatic carbocycles. The van der Waals surface area contributed by atoms with E-state index in [-0.39, 0.29) is 5.82 Å². The van der Waals surface area contributed by atoms with Crippen molar-refractivity contribution in [2.24, 2.45) is 0 Å². The van der Waals surface area contributed by atoms with E-state index < -0.39 is 0 Å². The molecule has 0 saturated heterocycles. The highest BCUT2D eigenvalue weighted by atomic mass is 79.9. The fourth-order valence-electron chi connectivity index (χ4n) is 1.84. The second-order valence-corrected chi connectivity index (χ2v) is 5.99. The Kier molecular flexibility index (Phi) is 3.87. The van der Waals surface area contributed by atoms with Crippen molar-refractivity contribution in [1.29, 1.82) is 0 Å². The zero-order chi connectivity index (χ0) is 14.1. The van der Waals surface area contributed by atoms with Gasteiger partial charge in [0, 0.05) is 16.6 Å². The molecule has 102 valence electrons. The first kappa shape index (κ1) is 13.7. The van der Waals surface area contributed by atoms with Gasteiger partial charge in [-0.1, -0.05) is 33.6 Å². The zero-order valence-corrected chi connectivity index (χ0v) is 13.2. The van der Waals surface area contributed by atoms with Crippen LogP contribution in [0.1, 0.15) is 5.56 Å². The molecule has 0 amide bonds. The molecule has 0 atom stereocenters. The van der Waals surface area contributed by atoms with Gasteiger partial charge in [-0.15, -0.1) is 0 Å². The number of hydrogen-bond acceptors (Lipinski definition) is 4. The first-order valence-electron chi connectivity index (χ1n) is 5.74. The van der Waals surface area contributed by atoms with Crippen molar-refractivity contribution >= 4 is 56.0 Å². The molecule has 1 aromatic heterocycles. The summed E-state index contributed by atoms with van der Waals surface area (Å²) in [5.41, 5.74) is 2.72. The molecule has 1 heterocycles. The molecule has 1 N–H and O–H groups in total. The molecule has 2 aromatic carbocycles. The Morgan fingerprint density at radius 2 is 2.10 bits per heavy atom. The maximum Gasteiger partial charge on any atom is 0.129 e. The van der Waals surface area contributed by atoms with Gasteiger partial charge in [0.15, 0.2) is 0 Å². The molecule has 20 heavy (non-hydrogen) atoms. The topological polar surface area (TPSA) is 37.8 Å². The van der Waals surface area contributed by atoms with Gasteiger partial charge in [0.2, 0.25) is 0 Å². The molecular formula is C13H8BrClFN3S. The smallest absolute Gasteiger partial charge is 0.129 e. The van der Waals surface area contributed by atoms with E-state index in [0.29, 0.717) is 32.8 Å². The van der Waals surface area contributed by atoms with Crippen LogP contribution >= 0.6 is 39.3 Å². The number of nitrogens with zero attached hydrogens (tertiary/aromatic N) is 2. The van der Waals surface area contributed by atoms with Crippen molar-refractivity contribution in [3.05, 3.63) is 51.2 Å². The van der Waals surface area contributed by atoms with Gasteiger partial charge in [-0.05, 0) is 24.3 Å². The lowest BCUT2D eigenvalue weighted by molar-refractivity contribution is 0.612. The number of nitrogens with one attached hydrogen (secondary N) is 1. The maximum absolute atomic E-state index is 13.8. The molecule has 0 unspecified atom stereocenters. The van der Waals surface area contributed by atoms with Crippen LogP contribution in [0.25, 0.3) is 11.0 Å². The monoisotopic (exact) mass is 371 g/mol. The Bertz CT molecular complexity index is 777. The molecule has 3 aromatic rings. The molecule has 3 nitrogen and oxygen atoms in total. The molecule has 0 saturated carbocycles. The second kappa shape index (κ2) is 5.63. The van der Waals surface area contributed by atoms with Crippen LogP contribution in [0, 0.1) is 5.82 Å². The van der Waals surface area contributed by atoms with Gasteiger partial charge in [0.25, 0.3) is 0 Å². The van der Waals surface area contributed by atoms with E-state index in [1.807, 2.05) is 6.07 Å². The summed E-state index contributed by atoms with van der Waals surface area (Å²) in [6.07, 6.45) is 0. The minimum Gasteiger partial charge on any atom is -0.378 e. The van der Waals surface area contributed by atoms with Crippen LogP contribution in [0.4, 0.5) is 10.1 Å². The normalized spacial score (nSPS) is 10.9. The summed E-state index contributed by atoms with van der Waals surface area (Å²) in [5.74, 6) is -0.272. The predicted octanol–water partition coefficient (Wildman–Crippen LogP) is 4.86. The molecule has 0 spiro atoms. The molecular weight excluding hydrogens is 365 g/mol. The van der Waals surface area contributed by atoms with Gasteiger partial charge >= 0.3 is 0 Å². The van der Waals surface area contributed by atoms with E-state index in [1.54, 1.807) is 18.2 Å². The summed E-state index contributed by atoms with van der Waals surface area (Å²) in [6.45, 7) is 0.329. The zero-order valence-electron chi connectivity index (χ0n) is 10.0. The van der Waals surface area contributed by atoms with Crippen LogP contribution in [-0.2, 0) is 6.54 Å². The van der Waals surface area contributed by atoms with Gasteiger partial charge < -0.3 is 5.32 Å². The van der Waals surface area contributed by atoms with Crippen LogP contribution in [0.15, 0.2) is 34.8 Å². The van der Waals surface area contributed by atoms with E-state index in [9.17, 15) is 4.39 Å². The Labute approximate surface area is 132 Å². The van der Waals surface area contributed by atoms with Crippen LogP contribution in [-0.4, -0.2) is 8.75 Å². The fourth-order valence-corrected chi connectivity index (χ4v) is 2.94. The van der Waals surface area contributed by atoms with Crippen LogP contribution in [0.2, 0.25) is 5.02 Å². The van der Waals surface area contributed by atoms with E-state index in [4.69, 9.17) is 11.6 Å². The summed E-state index contributed by atoms with van der Waals surface area (Å²) >= 11 is 10.5. The minimum atomic E-state index is -0.272. The Balaban J connectivity index is 1.90. The molecule has 3 rings (SSSR count). The molecule has 0 bridgehead atoms. The average molecular weight is 373 g/mol. The van der Waals surface area contributed by atoms with Gasteiger partial charge in [-0.25, -0.2) is 4.39 Å². The fraction of sp³-hybridized carbons (Fsp3) is 0.0769. The average Bonchev–Trinajstić information content (AvgIpc) is 2.88. The van der Waals surface area contributed by atoms with E-state index in [1.165, 1.54) is 6.07 Å². The molecule has 7 heteroatoms. The number of aromatic nitrogens is 2. The molecule has 0 radical (unpaired) electrons. The summed E-state index contributed by atoms with van der Waals surface area (Å²) in [5, 5.41) is 3.68. The summed E-state index contributed by atoms with van der Waals surface area (Å²) in [7, 11) is 0. The van der Waals surface area contributed by atoms with E-state index in [0.717, 1.165) is 17.2 Å². The van der Waals surface area contributed by atoms with Crippen molar-refractivity contribution in [3.8, 4) is 0 Å². The summed E-state index contributed by atoms with van der Waals surface area (Å²) in [6, 6.07) is 8.52. The first-order chi connectivity index (χ1) is 9.65. The number of anilines is 1. The van der Waals surface area contributed by atoms with E-state index in [2.05, 4.69) is 30.0 Å². The minimum absolute atomic E-state index is 0.272. The lowest BCUT2D eigenvalue weighted by atomic mass is 10.2. The first-order valence-corrected chi connectivity index (χ1v) is 7.64. The van der Waals surface area contributed by atoms with Gasteiger partial charge in [-0.3, -0.25) is 0 Å². The van der Waals surface area contributed by atoms with Crippen molar-refractivity contribution < 1.29 is 4.39 Å². The summed E-state index contributed by atoms with van der Waals surface area (Å²) < 4.78 is 22.9. The van der Waals surface area contributed by atoms with Crippen molar-refractivity contribution in [3.63, 3.8) is 0 Å². The third kappa shape index (κ3) is 2.63. The number of hydrogen-bond donors (Lipinski definition) is 1. The largest absolute Gasteiger partial charge is 0.378 e. The third-order valence-electron chi connectivity index (χ3n) is 2.85. The molecule has 0 aliphatic heterocycles. The lowest BCUT2D eigenvalue weighted by Crippen LogP contribution is -2.03. The third-order valence-corrected chi connectivity index (χ3v) is 4.20. The quantitative estimate of drug-likeness (QED) is 0.713.